The van der Waals surface area contributed by atoms with E-state index in [1.165, 1.54) is 11.9 Å². The minimum atomic E-state index is -0.353. The summed E-state index contributed by atoms with van der Waals surface area (Å²) >= 11 is 13.3. The fourth-order valence-electron chi connectivity index (χ4n) is 6.67. The van der Waals surface area contributed by atoms with E-state index in [0.29, 0.717) is 117 Å². The van der Waals surface area contributed by atoms with Crippen molar-refractivity contribution < 1.29 is 38.1 Å². The van der Waals surface area contributed by atoms with Crippen LogP contribution >= 0.6 is 35.1 Å². The van der Waals surface area contributed by atoms with Gasteiger partial charge in [-0.15, -0.1) is 0 Å². The average Bonchev–Trinajstić information content (AvgIpc) is 3.56. The number of nitrogens with two attached hydrogens (primary N) is 1. The average molecular weight is 1040 g/mol. The van der Waals surface area contributed by atoms with Gasteiger partial charge in [-0.2, -0.15) is 0 Å². The number of likely N-dealkylation sites (N-methyl/N-ethyl adjacent to an activating group) is 1. The molecule has 1 unspecified atom stereocenters. The number of amidine groups is 1. The Bertz CT molecular complexity index is 2630. The number of halogens is 2. The van der Waals surface area contributed by atoms with Gasteiger partial charge in [-0.1, -0.05) is 49.2 Å². The SMILES string of the molecule is CCCOc1cccc(Oc2cc3c(cc2NSc2cccc(C(=O)NCCOCCOCCN(C)CCOCC(=O)NCCCC(=O)N=C(N)C(C)CNc4ccc(Cl)c(Cl)c4)c2)n(C)c(=O)n3C)c1. The monoisotopic (exact) mass is 1040 g/mol. The maximum absolute atomic E-state index is 13.0. The zero-order valence-electron chi connectivity index (χ0n) is 40.9. The van der Waals surface area contributed by atoms with E-state index >= 15 is 0 Å². The van der Waals surface area contributed by atoms with E-state index < -0.39 is 0 Å². The molecule has 0 aliphatic heterocycles. The zero-order valence-corrected chi connectivity index (χ0v) is 43.2. The fraction of sp³-hybridized carbons (Fsp3) is 0.420. The number of benzene rings is 4. The molecule has 384 valence electrons. The Labute approximate surface area is 429 Å². The summed E-state index contributed by atoms with van der Waals surface area (Å²) < 4.78 is 35.6. The number of ether oxygens (including phenoxy) is 5. The number of aryl methyl sites for hydroxylation is 2. The first-order valence-electron chi connectivity index (χ1n) is 23.4. The standard InChI is InChI=1S/C50H65Cl2N9O9S/c1-6-21-69-37-11-8-12-38(29-37)70-45-31-44-43(60(4)50(65)61(44)5)30-42(45)58-71-39-13-7-10-35(27-39)49(64)55-18-22-66-25-26-67-23-19-59(3)20-24-68-33-47(63)54-17-9-14-46(62)57-48(53)34(2)32-56-36-15-16-40(51)41(52)28-36/h7-8,10-13,15-16,27-31,34,56,58H,6,9,14,17-26,32-33H2,1-5H3,(H,54,63)(H,55,64)(H2,53,57,62). The van der Waals surface area contributed by atoms with Crippen LogP contribution in [0.25, 0.3) is 11.0 Å². The van der Waals surface area contributed by atoms with Crippen LogP contribution < -0.4 is 41.6 Å². The Balaban J connectivity index is 0.896. The van der Waals surface area contributed by atoms with Crippen molar-refractivity contribution >= 4 is 81.1 Å². The summed E-state index contributed by atoms with van der Waals surface area (Å²) in [7, 11) is 5.38. The second-order valence-corrected chi connectivity index (χ2v) is 18.2. The molecule has 0 bridgehead atoms. The number of aliphatic imine (C=N–C) groups is 1. The topological polar surface area (TPSA) is 214 Å². The number of aromatic nitrogens is 2. The lowest BCUT2D eigenvalue weighted by molar-refractivity contribution is -0.126. The molecule has 0 aliphatic rings. The van der Waals surface area contributed by atoms with Crippen molar-refractivity contribution in [2.75, 3.05) is 96.1 Å². The number of rotatable bonds is 31. The fourth-order valence-corrected chi connectivity index (χ4v) is 7.69. The van der Waals surface area contributed by atoms with E-state index in [1.807, 2.05) is 74.3 Å². The van der Waals surface area contributed by atoms with E-state index in [9.17, 15) is 19.2 Å². The Morgan fingerprint density at radius 1 is 0.817 bits per heavy atom. The molecule has 0 spiro atoms. The minimum Gasteiger partial charge on any atom is -0.493 e. The molecule has 0 saturated heterocycles. The largest absolute Gasteiger partial charge is 0.493 e. The minimum absolute atomic E-state index is 0.0876. The number of hydrogen-bond donors (Lipinski definition) is 5. The summed E-state index contributed by atoms with van der Waals surface area (Å²) in [6.07, 6.45) is 1.45. The first kappa shape index (κ1) is 56.1. The van der Waals surface area contributed by atoms with E-state index in [0.717, 1.165) is 28.0 Å². The van der Waals surface area contributed by atoms with Crippen LogP contribution in [0.1, 0.15) is 43.5 Å². The predicted octanol–water partition coefficient (Wildman–Crippen LogP) is 7.12. The first-order chi connectivity index (χ1) is 34.2. The molecule has 1 heterocycles. The van der Waals surface area contributed by atoms with Gasteiger partial charge >= 0.3 is 5.69 Å². The number of amides is 3. The number of fused-ring (bicyclic) bond motifs is 1. The van der Waals surface area contributed by atoms with Crippen molar-refractivity contribution in [1.82, 2.24) is 24.7 Å². The smallest absolute Gasteiger partial charge is 0.328 e. The normalized spacial score (nSPS) is 12.0. The van der Waals surface area contributed by atoms with Gasteiger partial charge < -0.3 is 55.0 Å². The number of hydrogen-bond acceptors (Lipinski definition) is 13. The van der Waals surface area contributed by atoms with Crippen molar-refractivity contribution in [3.8, 4) is 17.2 Å². The molecule has 3 amide bonds. The number of anilines is 2. The van der Waals surface area contributed by atoms with Crippen LogP contribution in [0.4, 0.5) is 11.4 Å². The number of imidazole rings is 1. The molecule has 71 heavy (non-hydrogen) atoms. The van der Waals surface area contributed by atoms with Gasteiger partial charge in [0.15, 0.2) is 5.75 Å². The first-order valence-corrected chi connectivity index (χ1v) is 24.9. The van der Waals surface area contributed by atoms with Crippen LogP contribution in [-0.4, -0.2) is 124 Å². The van der Waals surface area contributed by atoms with Gasteiger partial charge in [0.05, 0.1) is 66.4 Å². The van der Waals surface area contributed by atoms with Gasteiger partial charge in [-0.25, -0.2) is 9.79 Å². The van der Waals surface area contributed by atoms with E-state index in [-0.39, 0.29) is 48.2 Å². The Hall–Kier alpha value is -5.80. The highest BCUT2D eigenvalue weighted by molar-refractivity contribution is 8.00. The molecule has 0 aliphatic carbocycles. The second-order valence-electron chi connectivity index (χ2n) is 16.5. The molecule has 1 atom stereocenters. The summed E-state index contributed by atoms with van der Waals surface area (Å²) in [6.45, 7) is 8.70. The molecule has 21 heteroatoms. The van der Waals surface area contributed by atoms with Gasteiger partial charge in [0.2, 0.25) is 11.8 Å². The third-order valence-electron chi connectivity index (χ3n) is 10.8. The van der Waals surface area contributed by atoms with Crippen molar-refractivity contribution in [1.29, 1.82) is 0 Å². The van der Waals surface area contributed by atoms with E-state index in [1.54, 1.807) is 53.6 Å². The van der Waals surface area contributed by atoms with Gasteiger partial charge in [0.25, 0.3) is 5.91 Å². The number of carbonyl (C=O) groups is 3. The van der Waals surface area contributed by atoms with Gasteiger partial charge in [0, 0.05) is 87.4 Å². The van der Waals surface area contributed by atoms with Crippen LogP contribution in [0, 0.1) is 5.92 Å². The summed E-state index contributed by atoms with van der Waals surface area (Å²) in [5.41, 5.74) is 9.24. The molecule has 18 nitrogen and oxygen atoms in total. The molecule has 0 fully saturated rings. The number of nitrogens with zero attached hydrogens (tertiary/aromatic N) is 4. The van der Waals surface area contributed by atoms with Crippen molar-refractivity contribution in [3.05, 3.63) is 105 Å². The lowest BCUT2D eigenvalue weighted by Gasteiger charge is -2.16. The quantitative estimate of drug-likeness (QED) is 0.0129. The van der Waals surface area contributed by atoms with E-state index in [4.69, 9.17) is 52.6 Å². The van der Waals surface area contributed by atoms with Crippen LogP contribution in [-0.2, 0) is 37.9 Å². The molecule has 5 aromatic rings. The van der Waals surface area contributed by atoms with Crippen LogP contribution in [0.5, 0.6) is 17.2 Å². The van der Waals surface area contributed by atoms with Crippen molar-refractivity contribution in [3.63, 3.8) is 0 Å². The lowest BCUT2D eigenvalue weighted by atomic mass is 10.1. The van der Waals surface area contributed by atoms with Crippen LogP contribution in [0.15, 0.2) is 93.5 Å². The van der Waals surface area contributed by atoms with Gasteiger partial charge in [-0.05, 0) is 86.4 Å². The second kappa shape index (κ2) is 29.5. The summed E-state index contributed by atoms with van der Waals surface area (Å²) in [5.74, 6) is 0.972. The van der Waals surface area contributed by atoms with Crippen LogP contribution in [0.3, 0.4) is 0 Å². The Morgan fingerprint density at radius 3 is 2.30 bits per heavy atom. The molecule has 4 aromatic carbocycles. The molecule has 1 aromatic heterocycles. The Kier molecular flexibility index (Phi) is 23.3. The molecule has 5 rings (SSSR count). The van der Waals surface area contributed by atoms with Crippen molar-refractivity contribution in [2.45, 2.75) is 38.0 Å². The molecule has 0 saturated carbocycles. The molecule has 6 N–H and O–H groups in total. The molecular formula is C50H65Cl2N9O9S. The number of nitrogens with one attached hydrogen (secondary N) is 4. The van der Waals surface area contributed by atoms with Crippen molar-refractivity contribution in [2.24, 2.45) is 30.7 Å². The van der Waals surface area contributed by atoms with Gasteiger partial charge in [0.1, 0.15) is 23.9 Å². The highest BCUT2D eigenvalue weighted by Crippen LogP contribution is 2.37. The Morgan fingerprint density at radius 2 is 1.54 bits per heavy atom. The van der Waals surface area contributed by atoms with E-state index in [2.05, 4.69) is 25.7 Å². The lowest BCUT2D eigenvalue weighted by Crippen LogP contribution is -2.31. The third kappa shape index (κ3) is 18.7. The molecular weight excluding hydrogens is 974 g/mol. The predicted molar refractivity (Wildman–Crippen MR) is 282 cm³/mol. The maximum Gasteiger partial charge on any atom is 0.328 e. The highest BCUT2D eigenvalue weighted by atomic mass is 35.5. The maximum atomic E-state index is 13.0. The summed E-state index contributed by atoms with van der Waals surface area (Å²) in [5, 5.41) is 9.74. The summed E-state index contributed by atoms with van der Waals surface area (Å²) in [6, 6.07) is 23.6. The zero-order chi connectivity index (χ0) is 51.1. The summed E-state index contributed by atoms with van der Waals surface area (Å²) in [4.78, 5) is 57.1. The highest BCUT2D eigenvalue weighted by Gasteiger charge is 2.16. The van der Waals surface area contributed by atoms with Crippen LogP contribution in [0.2, 0.25) is 10.0 Å². The molecule has 0 radical (unpaired) electrons. The third-order valence-corrected chi connectivity index (χ3v) is 12.4. The van der Waals surface area contributed by atoms with Gasteiger partial charge in [-0.3, -0.25) is 23.5 Å². The number of carbonyl (C=O) groups excluding carboxylic acids is 3.